The van der Waals surface area contributed by atoms with Crippen molar-refractivity contribution in [2.24, 2.45) is 0 Å². The number of halogens is 1. The highest BCUT2D eigenvalue weighted by Crippen LogP contribution is 2.20. The van der Waals surface area contributed by atoms with Gasteiger partial charge in [-0.15, -0.1) is 0 Å². The molecule has 1 aromatic carbocycles. The molecule has 0 bridgehead atoms. The fraction of sp³-hybridized carbons (Fsp3) is 0.125. The topological polar surface area (TPSA) is 101 Å². The molecule has 0 spiro atoms. The molecule has 0 saturated carbocycles. The molecule has 1 aromatic heterocycles. The maximum absolute atomic E-state index is 11.8. The second-order valence-electron chi connectivity index (χ2n) is 4.68. The van der Waals surface area contributed by atoms with Crippen LogP contribution < -0.4 is 10.9 Å². The molecule has 0 aliphatic carbocycles. The lowest BCUT2D eigenvalue weighted by Crippen LogP contribution is -2.27. The van der Waals surface area contributed by atoms with Gasteiger partial charge in [-0.2, -0.15) is 5.26 Å². The molecule has 0 saturated heterocycles. The van der Waals surface area contributed by atoms with Crippen LogP contribution in [0.25, 0.3) is 0 Å². The highest BCUT2D eigenvalue weighted by molar-refractivity contribution is 6.31. The molecule has 24 heavy (non-hydrogen) atoms. The molecule has 1 N–H and O–H groups in total. The number of anilines is 1. The van der Waals surface area contributed by atoms with Crippen LogP contribution in [0.5, 0.6) is 0 Å². The second kappa shape index (κ2) is 7.94. The Hall–Kier alpha value is -3.11. The van der Waals surface area contributed by atoms with E-state index in [9.17, 15) is 14.4 Å². The summed E-state index contributed by atoms with van der Waals surface area (Å²) in [5.74, 6) is -1.35. The number of nitrogens with zero attached hydrogens (tertiary/aromatic N) is 2. The summed E-state index contributed by atoms with van der Waals surface area (Å²) in [6, 6.07) is 10.8. The maximum atomic E-state index is 11.8. The van der Waals surface area contributed by atoms with E-state index < -0.39 is 18.5 Å². The first-order valence-corrected chi connectivity index (χ1v) is 7.18. The first-order valence-electron chi connectivity index (χ1n) is 6.80. The Kier molecular flexibility index (Phi) is 5.71. The van der Waals surface area contributed by atoms with Gasteiger partial charge in [0.25, 0.3) is 11.5 Å². The molecule has 0 atom stereocenters. The number of carbonyl (C=O) groups excluding carboxylic acids is 2. The SMILES string of the molecule is N#Cc1ccc(Cl)cc1NC(=O)COC(=O)Cn1ccccc1=O. The molecule has 0 unspecified atom stereocenters. The number of carbonyl (C=O) groups is 2. The van der Waals surface area contributed by atoms with Gasteiger partial charge in [-0.3, -0.25) is 14.4 Å². The summed E-state index contributed by atoms with van der Waals surface area (Å²) in [4.78, 5) is 34.9. The van der Waals surface area contributed by atoms with E-state index in [0.717, 1.165) is 4.57 Å². The molecule has 0 aliphatic rings. The number of rotatable bonds is 5. The number of esters is 1. The smallest absolute Gasteiger partial charge is 0.326 e. The van der Waals surface area contributed by atoms with Crippen molar-refractivity contribution in [1.29, 1.82) is 5.26 Å². The van der Waals surface area contributed by atoms with Crippen molar-refractivity contribution < 1.29 is 14.3 Å². The van der Waals surface area contributed by atoms with Gasteiger partial charge < -0.3 is 14.6 Å². The van der Waals surface area contributed by atoms with Crippen molar-refractivity contribution in [3.63, 3.8) is 0 Å². The number of hydrogen-bond donors (Lipinski definition) is 1. The second-order valence-corrected chi connectivity index (χ2v) is 5.11. The number of nitriles is 1. The molecule has 2 rings (SSSR count). The largest absolute Gasteiger partial charge is 0.454 e. The van der Waals surface area contributed by atoms with Crippen LogP contribution in [0.1, 0.15) is 5.56 Å². The molecule has 7 nitrogen and oxygen atoms in total. The van der Waals surface area contributed by atoms with Crippen LogP contribution in [0.3, 0.4) is 0 Å². The van der Waals surface area contributed by atoms with Crippen molar-refractivity contribution in [2.45, 2.75) is 6.54 Å². The van der Waals surface area contributed by atoms with E-state index in [4.69, 9.17) is 21.6 Å². The van der Waals surface area contributed by atoms with Crippen molar-refractivity contribution in [3.8, 4) is 6.07 Å². The van der Waals surface area contributed by atoms with Crippen LogP contribution in [0, 0.1) is 11.3 Å². The number of benzene rings is 1. The molecule has 1 heterocycles. The molecule has 8 heteroatoms. The van der Waals surface area contributed by atoms with E-state index in [2.05, 4.69) is 5.32 Å². The van der Waals surface area contributed by atoms with Crippen molar-refractivity contribution in [2.75, 3.05) is 11.9 Å². The molecular weight excluding hydrogens is 334 g/mol. The van der Waals surface area contributed by atoms with Crippen molar-refractivity contribution >= 4 is 29.2 Å². The summed E-state index contributed by atoms with van der Waals surface area (Å²) in [5, 5.41) is 11.8. The third-order valence-electron chi connectivity index (χ3n) is 2.94. The fourth-order valence-electron chi connectivity index (χ4n) is 1.83. The minimum Gasteiger partial charge on any atom is -0.454 e. The van der Waals surface area contributed by atoms with Crippen molar-refractivity contribution in [3.05, 3.63) is 63.5 Å². The van der Waals surface area contributed by atoms with Gasteiger partial charge in [0.2, 0.25) is 0 Å². The van der Waals surface area contributed by atoms with Gasteiger partial charge in [0, 0.05) is 17.3 Å². The van der Waals surface area contributed by atoms with Crippen molar-refractivity contribution in [1.82, 2.24) is 4.57 Å². The Bertz CT molecular complexity index is 870. The lowest BCUT2D eigenvalue weighted by molar-refractivity contribution is -0.147. The van der Waals surface area contributed by atoms with Gasteiger partial charge in [-0.1, -0.05) is 17.7 Å². The van der Waals surface area contributed by atoms with E-state index >= 15 is 0 Å². The number of amides is 1. The molecule has 0 aliphatic heterocycles. The van der Waals surface area contributed by atoms with Crippen LogP contribution in [0.4, 0.5) is 5.69 Å². The van der Waals surface area contributed by atoms with E-state index in [1.165, 1.54) is 30.5 Å². The summed E-state index contributed by atoms with van der Waals surface area (Å²) in [7, 11) is 0. The summed E-state index contributed by atoms with van der Waals surface area (Å²) >= 11 is 5.81. The number of hydrogen-bond acceptors (Lipinski definition) is 5. The molecule has 0 fully saturated rings. The maximum Gasteiger partial charge on any atom is 0.326 e. The van der Waals surface area contributed by atoms with Crippen LogP contribution in [0.15, 0.2) is 47.4 Å². The number of aromatic nitrogens is 1. The zero-order valence-electron chi connectivity index (χ0n) is 12.4. The van der Waals surface area contributed by atoms with Crippen LogP contribution in [-0.2, 0) is 20.9 Å². The summed E-state index contributed by atoms with van der Waals surface area (Å²) in [6.45, 7) is -0.842. The predicted molar refractivity (Wildman–Crippen MR) is 86.5 cm³/mol. The van der Waals surface area contributed by atoms with E-state index in [-0.39, 0.29) is 23.4 Å². The Balaban J connectivity index is 1.91. The van der Waals surface area contributed by atoms with E-state index in [1.54, 1.807) is 12.1 Å². The van der Waals surface area contributed by atoms with Gasteiger partial charge in [-0.05, 0) is 24.3 Å². The Labute approximate surface area is 142 Å². The average Bonchev–Trinajstić information content (AvgIpc) is 2.55. The Morgan fingerprint density at radius 3 is 2.79 bits per heavy atom. The zero-order chi connectivity index (χ0) is 17.5. The monoisotopic (exact) mass is 345 g/mol. The third kappa shape index (κ3) is 4.69. The van der Waals surface area contributed by atoms with Crippen LogP contribution in [-0.4, -0.2) is 23.1 Å². The molecule has 1 amide bonds. The van der Waals surface area contributed by atoms with E-state index in [0.29, 0.717) is 5.02 Å². The molecular formula is C16H12ClN3O4. The van der Waals surface area contributed by atoms with Crippen LogP contribution in [0.2, 0.25) is 5.02 Å². The number of nitrogens with one attached hydrogen (secondary N) is 1. The summed E-state index contributed by atoms with van der Waals surface area (Å²) in [6.07, 6.45) is 1.44. The fourth-order valence-corrected chi connectivity index (χ4v) is 2.00. The molecule has 122 valence electrons. The highest BCUT2D eigenvalue weighted by Gasteiger charge is 2.11. The van der Waals surface area contributed by atoms with Gasteiger partial charge >= 0.3 is 5.97 Å². The minimum absolute atomic E-state index is 0.227. The zero-order valence-corrected chi connectivity index (χ0v) is 13.1. The quantitative estimate of drug-likeness (QED) is 0.828. The summed E-state index contributed by atoms with van der Waals surface area (Å²) in [5.41, 5.74) is 0.108. The highest BCUT2D eigenvalue weighted by atomic mass is 35.5. The Morgan fingerprint density at radius 1 is 1.29 bits per heavy atom. The predicted octanol–water partition coefficient (Wildman–Crippen LogP) is 1.56. The Morgan fingerprint density at radius 2 is 2.08 bits per heavy atom. The first-order chi connectivity index (χ1) is 11.5. The van der Waals surface area contributed by atoms with Gasteiger partial charge in [-0.25, -0.2) is 0 Å². The standard InChI is InChI=1S/C16H12ClN3O4/c17-12-5-4-11(8-18)13(7-12)19-14(21)10-24-16(23)9-20-6-2-1-3-15(20)22/h1-7H,9-10H2,(H,19,21). The number of pyridine rings is 1. The van der Waals surface area contributed by atoms with Gasteiger partial charge in [0.05, 0.1) is 11.3 Å². The minimum atomic E-state index is -0.731. The molecule has 0 radical (unpaired) electrons. The van der Waals surface area contributed by atoms with Gasteiger partial charge in [0.15, 0.2) is 6.61 Å². The average molecular weight is 346 g/mol. The summed E-state index contributed by atoms with van der Waals surface area (Å²) < 4.78 is 5.97. The molecule has 2 aromatic rings. The normalized spacial score (nSPS) is 9.83. The first kappa shape index (κ1) is 17.2. The lowest BCUT2D eigenvalue weighted by atomic mass is 10.2. The van der Waals surface area contributed by atoms with Crippen LogP contribution >= 0.6 is 11.6 Å². The van der Waals surface area contributed by atoms with Gasteiger partial charge in [0.1, 0.15) is 12.6 Å². The van der Waals surface area contributed by atoms with E-state index in [1.807, 2.05) is 6.07 Å². The third-order valence-corrected chi connectivity index (χ3v) is 3.17. The lowest BCUT2D eigenvalue weighted by Gasteiger charge is -2.09. The number of ether oxygens (including phenoxy) is 1.